The average molecular weight is 405 g/mol. The zero-order chi connectivity index (χ0) is 18.0. The van der Waals surface area contributed by atoms with E-state index in [0.717, 1.165) is 0 Å². The lowest BCUT2D eigenvalue weighted by atomic mass is 10.1. The van der Waals surface area contributed by atoms with E-state index in [1.54, 1.807) is 18.2 Å². The van der Waals surface area contributed by atoms with Crippen LogP contribution in [0.15, 0.2) is 44.2 Å². The third-order valence-corrected chi connectivity index (χ3v) is 5.56. The van der Waals surface area contributed by atoms with Crippen molar-refractivity contribution < 1.29 is 17.9 Å². The van der Waals surface area contributed by atoms with Gasteiger partial charge in [0.15, 0.2) is 11.2 Å². The van der Waals surface area contributed by atoms with E-state index in [1.807, 2.05) is 0 Å². The van der Waals surface area contributed by atoms with Gasteiger partial charge in [-0.2, -0.15) is 0 Å². The molecule has 0 spiro atoms. The summed E-state index contributed by atoms with van der Waals surface area (Å²) in [5, 5.41) is 1.28. The number of alkyl halides is 2. The molecule has 0 aliphatic rings. The van der Waals surface area contributed by atoms with Crippen molar-refractivity contribution in [3.05, 3.63) is 40.9 Å². The Kier molecular flexibility index (Phi) is 5.41. The van der Waals surface area contributed by atoms with Crippen LogP contribution in [-0.4, -0.2) is 29.5 Å². The maximum Gasteiger partial charge on any atom is 0.390 e. The quantitative estimate of drug-likeness (QED) is 0.363. The van der Waals surface area contributed by atoms with Gasteiger partial charge in [0.25, 0.3) is 0 Å². The van der Waals surface area contributed by atoms with Gasteiger partial charge >= 0.3 is 13.3 Å². The van der Waals surface area contributed by atoms with Gasteiger partial charge in [-0.15, -0.1) is 23.2 Å². The normalized spacial score (nSPS) is 14.2. The first-order valence-corrected chi connectivity index (χ1v) is 10.1. The van der Waals surface area contributed by atoms with Crippen LogP contribution in [0.2, 0.25) is 0 Å². The molecule has 25 heavy (non-hydrogen) atoms. The molecule has 134 valence electrons. The predicted octanol–water partition coefficient (Wildman–Crippen LogP) is 3.76. The molecule has 3 aromatic rings. The lowest BCUT2D eigenvalue weighted by molar-refractivity contribution is 0.371. The molecule has 3 rings (SSSR count). The number of nitrogens with two attached hydrogens (primary N) is 1. The number of hydrogen-bond donors (Lipinski definition) is 1. The van der Waals surface area contributed by atoms with Gasteiger partial charge in [0.05, 0.1) is 6.26 Å². The Morgan fingerprint density at radius 2 is 1.80 bits per heavy atom. The summed E-state index contributed by atoms with van der Waals surface area (Å²) in [6, 6.07) is 6.34. The maximum absolute atomic E-state index is 13.0. The second-order valence-corrected chi connectivity index (χ2v) is 7.84. The van der Waals surface area contributed by atoms with Gasteiger partial charge in [0.2, 0.25) is 5.75 Å². The highest BCUT2D eigenvalue weighted by Gasteiger charge is 2.31. The third kappa shape index (κ3) is 3.71. The molecule has 0 aliphatic carbocycles. The van der Waals surface area contributed by atoms with Gasteiger partial charge in [-0.05, 0) is 18.2 Å². The average Bonchev–Trinajstić information content (AvgIpc) is 3.03. The van der Waals surface area contributed by atoms with Crippen molar-refractivity contribution >= 4 is 52.8 Å². The van der Waals surface area contributed by atoms with Gasteiger partial charge in [-0.3, -0.25) is 0 Å². The van der Waals surface area contributed by atoms with Crippen LogP contribution in [0.1, 0.15) is 0 Å². The van der Waals surface area contributed by atoms with Crippen LogP contribution in [0, 0.1) is 0 Å². The summed E-state index contributed by atoms with van der Waals surface area (Å²) >= 11 is 11.5. The summed E-state index contributed by atoms with van der Waals surface area (Å²) < 4.78 is 30.6. The minimum Gasteiger partial charge on any atom is -0.460 e. The highest BCUT2D eigenvalue weighted by molar-refractivity contribution is 7.54. The molecule has 7 nitrogen and oxygen atoms in total. The zero-order valence-corrected chi connectivity index (χ0v) is 15.4. The summed E-state index contributed by atoms with van der Waals surface area (Å²) in [4.78, 5) is 11.6. The highest BCUT2D eigenvalue weighted by Crippen LogP contribution is 2.47. The molecule has 0 fully saturated rings. The second kappa shape index (κ2) is 7.40. The SMILES string of the molecule is N[P@@](=O)(Oc1c2occc2cc2ccc(=O)oc12)N(CCCl)CCCl. The summed E-state index contributed by atoms with van der Waals surface area (Å²) in [5.74, 6) is 0.403. The van der Waals surface area contributed by atoms with E-state index in [-0.39, 0.29) is 41.8 Å². The summed E-state index contributed by atoms with van der Waals surface area (Å²) in [7, 11) is -3.81. The number of benzene rings is 1. The first kappa shape index (κ1) is 18.3. The van der Waals surface area contributed by atoms with E-state index in [2.05, 4.69) is 0 Å². The molecule has 2 aromatic heterocycles. The fraction of sp³-hybridized carbons (Fsp3) is 0.267. The summed E-state index contributed by atoms with van der Waals surface area (Å²) in [5.41, 5.74) is 5.75. The molecular formula is C15H15Cl2N2O5P. The largest absolute Gasteiger partial charge is 0.460 e. The Morgan fingerprint density at radius 3 is 2.48 bits per heavy atom. The Bertz CT molecular complexity index is 996. The lowest BCUT2D eigenvalue weighted by Crippen LogP contribution is -2.30. The second-order valence-electron chi connectivity index (χ2n) is 5.20. The van der Waals surface area contributed by atoms with Gasteiger partial charge in [0.1, 0.15) is 0 Å². The molecular weight excluding hydrogens is 390 g/mol. The standard InChI is InChI=1S/C15H15Cl2N2O5P/c16-4-6-19(7-5-17)25(18,21)24-15-13-11(3-8-22-13)9-10-1-2-12(20)23-14(10)15/h1-3,8-9H,4-7H2,(H2,18,21)/t25-/m1/s1. The highest BCUT2D eigenvalue weighted by atomic mass is 35.5. The van der Waals surface area contributed by atoms with Gasteiger partial charge in [-0.25, -0.2) is 19.5 Å². The van der Waals surface area contributed by atoms with E-state index in [4.69, 9.17) is 42.1 Å². The molecule has 0 aliphatic heterocycles. The molecule has 0 amide bonds. The first-order valence-electron chi connectivity index (χ1n) is 7.36. The Labute approximate surface area is 152 Å². The van der Waals surface area contributed by atoms with E-state index in [0.29, 0.717) is 10.8 Å². The van der Waals surface area contributed by atoms with Crippen molar-refractivity contribution in [3.63, 3.8) is 0 Å². The molecule has 2 N–H and O–H groups in total. The van der Waals surface area contributed by atoms with Crippen molar-refractivity contribution in [1.82, 2.24) is 4.67 Å². The van der Waals surface area contributed by atoms with Crippen LogP contribution >= 0.6 is 30.9 Å². The molecule has 0 bridgehead atoms. The van der Waals surface area contributed by atoms with Crippen LogP contribution < -0.4 is 15.7 Å². The molecule has 0 radical (unpaired) electrons. The maximum atomic E-state index is 13.0. The van der Waals surface area contributed by atoms with Crippen molar-refractivity contribution in [2.45, 2.75) is 0 Å². The Morgan fingerprint density at radius 1 is 1.12 bits per heavy atom. The zero-order valence-electron chi connectivity index (χ0n) is 13.0. The minimum atomic E-state index is -3.81. The lowest BCUT2D eigenvalue weighted by Gasteiger charge is -2.26. The molecule has 0 saturated carbocycles. The summed E-state index contributed by atoms with van der Waals surface area (Å²) in [6.07, 6.45) is 1.45. The van der Waals surface area contributed by atoms with Gasteiger partial charge in [0, 0.05) is 41.7 Å². The Balaban J connectivity index is 2.15. The number of hydrogen-bond acceptors (Lipinski definition) is 5. The molecule has 1 aromatic carbocycles. The fourth-order valence-electron chi connectivity index (χ4n) is 2.46. The van der Waals surface area contributed by atoms with Crippen molar-refractivity contribution in [3.8, 4) is 5.75 Å². The Hall–Kier alpha value is -1.50. The van der Waals surface area contributed by atoms with Gasteiger partial charge in [-0.1, -0.05) is 0 Å². The van der Waals surface area contributed by atoms with Crippen LogP contribution in [0.5, 0.6) is 5.75 Å². The minimum absolute atomic E-state index is 0.00942. The molecule has 2 heterocycles. The first-order chi connectivity index (χ1) is 12.0. The van der Waals surface area contributed by atoms with Crippen LogP contribution in [-0.2, 0) is 4.57 Å². The molecule has 0 unspecified atom stereocenters. The van der Waals surface area contributed by atoms with Crippen LogP contribution in [0.4, 0.5) is 0 Å². The molecule has 0 saturated heterocycles. The van der Waals surface area contributed by atoms with Crippen molar-refractivity contribution in [1.29, 1.82) is 0 Å². The molecule has 10 heteroatoms. The fourth-order valence-corrected chi connectivity index (χ4v) is 4.41. The van der Waals surface area contributed by atoms with E-state index in [1.165, 1.54) is 17.0 Å². The smallest absolute Gasteiger partial charge is 0.390 e. The van der Waals surface area contributed by atoms with Crippen LogP contribution in [0.25, 0.3) is 21.9 Å². The van der Waals surface area contributed by atoms with E-state index >= 15 is 0 Å². The predicted molar refractivity (Wildman–Crippen MR) is 97.7 cm³/mol. The number of furan rings is 1. The number of rotatable bonds is 7. The van der Waals surface area contributed by atoms with Crippen LogP contribution in [0.3, 0.4) is 0 Å². The summed E-state index contributed by atoms with van der Waals surface area (Å²) in [6.45, 7) is 0.441. The van der Waals surface area contributed by atoms with Crippen molar-refractivity contribution in [2.75, 3.05) is 24.8 Å². The van der Waals surface area contributed by atoms with E-state index in [9.17, 15) is 9.36 Å². The number of nitrogens with zero attached hydrogens (tertiary/aromatic N) is 1. The third-order valence-electron chi connectivity index (χ3n) is 3.58. The topological polar surface area (TPSA) is 98.9 Å². The monoisotopic (exact) mass is 404 g/mol. The van der Waals surface area contributed by atoms with E-state index < -0.39 is 13.3 Å². The number of fused-ring (bicyclic) bond motifs is 2. The van der Waals surface area contributed by atoms with Gasteiger partial charge < -0.3 is 13.4 Å². The molecule has 1 atom stereocenters. The van der Waals surface area contributed by atoms with Crippen molar-refractivity contribution in [2.24, 2.45) is 5.50 Å². The number of halogens is 2.